The zero-order valence-corrected chi connectivity index (χ0v) is 17.4. The molecule has 2 saturated heterocycles. The molecule has 4 heterocycles. The van der Waals surface area contributed by atoms with Gasteiger partial charge in [0.15, 0.2) is 5.65 Å². The average molecular weight is 407 g/mol. The molecule has 2 aliphatic rings. The number of amides is 1. The van der Waals surface area contributed by atoms with Crippen LogP contribution in [-0.4, -0.2) is 64.0 Å². The van der Waals surface area contributed by atoms with E-state index in [2.05, 4.69) is 9.88 Å². The predicted molar refractivity (Wildman–Crippen MR) is 113 cm³/mol. The van der Waals surface area contributed by atoms with E-state index in [0.29, 0.717) is 6.54 Å². The van der Waals surface area contributed by atoms with Crippen molar-refractivity contribution < 1.29 is 14.3 Å². The summed E-state index contributed by atoms with van der Waals surface area (Å²) in [4.78, 5) is 21.0. The molecule has 30 heavy (non-hydrogen) atoms. The first-order valence-corrected chi connectivity index (χ1v) is 10.3. The van der Waals surface area contributed by atoms with Crippen LogP contribution in [0.5, 0.6) is 5.75 Å². The Morgan fingerprint density at radius 3 is 2.70 bits per heavy atom. The summed E-state index contributed by atoms with van der Waals surface area (Å²) in [5.74, 6) is 1.67. The molecular formula is C22H25N5O3. The third-order valence-corrected chi connectivity index (χ3v) is 5.84. The van der Waals surface area contributed by atoms with E-state index in [1.54, 1.807) is 7.11 Å². The second-order valence-corrected chi connectivity index (χ2v) is 8.09. The maximum absolute atomic E-state index is 12.3. The Labute approximate surface area is 175 Å². The van der Waals surface area contributed by atoms with E-state index in [1.165, 1.54) is 0 Å². The largest absolute Gasteiger partial charge is 0.496 e. The van der Waals surface area contributed by atoms with Crippen molar-refractivity contribution in [2.24, 2.45) is 0 Å². The number of carbonyl (C=O) groups excluding carboxylic acids is 1. The Kier molecular flexibility index (Phi) is 4.49. The fourth-order valence-electron chi connectivity index (χ4n) is 4.50. The fourth-order valence-corrected chi connectivity index (χ4v) is 4.50. The van der Waals surface area contributed by atoms with Crippen molar-refractivity contribution in [2.75, 3.05) is 25.1 Å². The minimum Gasteiger partial charge on any atom is -0.496 e. The number of benzene rings is 1. The molecule has 0 spiro atoms. The summed E-state index contributed by atoms with van der Waals surface area (Å²) < 4.78 is 12.8. The van der Waals surface area contributed by atoms with Crippen LogP contribution < -0.4 is 9.64 Å². The van der Waals surface area contributed by atoms with Crippen molar-refractivity contribution in [2.45, 2.75) is 38.5 Å². The number of carbonyl (C=O) groups is 1. The first kappa shape index (κ1) is 18.7. The topological polar surface area (TPSA) is 72.2 Å². The van der Waals surface area contributed by atoms with Gasteiger partial charge in [0.25, 0.3) is 0 Å². The van der Waals surface area contributed by atoms with E-state index in [9.17, 15) is 4.79 Å². The molecule has 156 valence electrons. The highest BCUT2D eigenvalue weighted by Gasteiger charge is 2.46. The third kappa shape index (κ3) is 3.03. The quantitative estimate of drug-likeness (QED) is 0.661. The van der Waals surface area contributed by atoms with Gasteiger partial charge < -0.3 is 19.3 Å². The number of hydrogen-bond acceptors (Lipinski definition) is 6. The number of rotatable bonds is 4. The van der Waals surface area contributed by atoms with Crippen molar-refractivity contribution >= 4 is 17.6 Å². The minimum atomic E-state index is -0.214. The summed E-state index contributed by atoms with van der Waals surface area (Å²) in [5.41, 5.74) is 2.62. The van der Waals surface area contributed by atoms with Crippen LogP contribution in [0.15, 0.2) is 42.6 Å². The molecule has 5 rings (SSSR count). The van der Waals surface area contributed by atoms with Gasteiger partial charge >= 0.3 is 6.09 Å². The maximum atomic E-state index is 12.3. The molecule has 2 bridgehead atoms. The Balaban J connectivity index is 1.43. The maximum Gasteiger partial charge on any atom is 0.410 e. The molecule has 0 saturated carbocycles. The highest BCUT2D eigenvalue weighted by atomic mass is 16.6. The molecule has 1 amide bonds. The molecule has 8 nitrogen and oxygen atoms in total. The summed E-state index contributed by atoms with van der Waals surface area (Å²) in [5, 5.41) is 4.90. The molecule has 2 aliphatic heterocycles. The van der Waals surface area contributed by atoms with Gasteiger partial charge in [0.1, 0.15) is 11.6 Å². The summed E-state index contributed by atoms with van der Waals surface area (Å²) in [6.45, 7) is 5.18. The number of imidazole rings is 1. The van der Waals surface area contributed by atoms with Crippen LogP contribution in [0.1, 0.15) is 20.3 Å². The SMILES string of the molecule is COc1ccccc1-c1cnc2ccc(N3CC4CC3CN4C(=O)OC(C)C)nn12. The van der Waals surface area contributed by atoms with Crippen molar-refractivity contribution in [3.8, 4) is 17.0 Å². The molecule has 2 aromatic heterocycles. The van der Waals surface area contributed by atoms with E-state index in [-0.39, 0.29) is 24.3 Å². The standard InChI is InChI=1S/C22H25N5O3/c1-14(2)30-22(28)26-13-15-10-16(26)12-25(15)21-9-8-20-23-11-18(27(20)24-21)17-6-4-5-7-19(17)29-3/h4-9,11,14-16H,10,12-13H2,1-3H3. The Morgan fingerprint density at radius 2 is 1.97 bits per heavy atom. The third-order valence-electron chi connectivity index (χ3n) is 5.84. The molecule has 2 atom stereocenters. The highest BCUT2D eigenvalue weighted by Crippen LogP contribution is 2.35. The molecule has 0 aliphatic carbocycles. The Bertz CT molecular complexity index is 1100. The van der Waals surface area contributed by atoms with Crippen LogP contribution in [0.3, 0.4) is 0 Å². The summed E-state index contributed by atoms with van der Waals surface area (Å²) >= 11 is 0. The van der Waals surface area contributed by atoms with Crippen molar-refractivity contribution in [3.05, 3.63) is 42.6 Å². The smallest absolute Gasteiger partial charge is 0.410 e. The van der Waals surface area contributed by atoms with Crippen LogP contribution in [0.4, 0.5) is 10.6 Å². The normalized spacial score (nSPS) is 20.4. The number of para-hydroxylation sites is 1. The number of nitrogens with zero attached hydrogens (tertiary/aromatic N) is 5. The molecule has 8 heteroatoms. The number of fused-ring (bicyclic) bond motifs is 3. The lowest BCUT2D eigenvalue weighted by molar-refractivity contribution is 0.0713. The molecule has 0 N–H and O–H groups in total. The van der Waals surface area contributed by atoms with Gasteiger partial charge in [-0.2, -0.15) is 0 Å². The van der Waals surface area contributed by atoms with Crippen molar-refractivity contribution in [3.63, 3.8) is 0 Å². The first-order chi connectivity index (χ1) is 14.5. The molecule has 2 unspecified atom stereocenters. The second-order valence-electron chi connectivity index (χ2n) is 8.09. The van der Waals surface area contributed by atoms with Gasteiger partial charge in [0.2, 0.25) is 0 Å². The van der Waals surface area contributed by atoms with E-state index >= 15 is 0 Å². The molecule has 2 fully saturated rings. The van der Waals surface area contributed by atoms with E-state index < -0.39 is 0 Å². The number of piperazine rings is 1. The number of aromatic nitrogens is 3. The molecule has 3 aromatic rings. The molecular weight excluding hydrogens is 382 g/mol. The lowest BCUT2D eigenvalue weighted by Crippen LogP contribution is -2.49. The van der Waals surface area contributed by atoms with Gasteiger partial charge in [0, 0.05) is 18.7 Å². The van der Waals surface area contributed by atoms with Gasteiger partial charge in [-0.05, 0) is 44.5 Å². The number of hydrogen-bond donors (Lipinski definition) is 0. The van der Waals surface area contributed by atoms with Crippen LogP contribution in [0, 0.1) is 0 Å². The van der Waals surface area contributed by atoms with Crippen LogP contribution in [0.2, 0.25) is 0 Å². The van der Waals surface area contributed by atoms with Crippen LogP contribution in [0.25, 0.3) is 16.9 Å². The fraction of sp³-hybridized carbons (Fsp3) is 0.409. The van der Waals surface area contributed by atoms with Gasteiger partial charge in [-0.1, -0.05) is 12.1 Å². The van der Waals surface area contributed by atoms with Crippen molar-refractivity contribution in [1.82, 2.24) is 19.5 Å². The first-order valence-electron chi connectivity index (χ1n) is 10.3. The van der Waals surface area contributed by atoms with Crippen LogP contribution in [-0.2, 0) is 4.74 Å². The monoisotopic (exact) mass is 407 g/mol. The van der Waals surface area contributed by atoms with E-state index in [1.807, 2.05) is 65.9 Å². The number of anilines is 1. The zero-order valence-electron chi connectivity index (χ0n) is 17.4. The predicted octanol–water partition coefficient (Wildman–Crippen LogP) is 3.21. The minimum absolute atomic E-state index is 0.105. The zero-order chi connectivity index (χ0) is 20.8. The molecule has 0 radical (unpaired) electrons. The Morgan fingerprint density at radius 1 is 1.13 bits per heavy atom. The summed E-state index contributed by atoms with van der Waals surface area (Å²) in [6.07, 6.45) is 2.44. The van der Waals surface area contributed by atoms with E-state index in [0.717, 1.165) is 41.4 Å². The second kappa shape index (κ2) is 7.19. The van der Waals surface area contributed by atoms with Crippen molar-refractivity contribution in [1.29, 1.82) is 0 Å². The highest BCUT2D eigenvalue weighted by molar-refractivity contribution is 5.71. The average Bonchev–Trinajstić information content (AvgIpc) is 3.46. The Hall–Kier alpha value is -3.29. The number of ether oxygens (including phenoxy) is 2. The summed E-state index contributed by atoms with van der Waals surface area (Å²) in [7, 11) is 1.66. The lowest BCUT2D eigenvalue weighted by atomic mass is 10.1. The van der Waals surface area contributed by atoms with Gasteiger partial charge in [-0.15, -0.1) is 5.10 Å². The number of likely N-dealkylation sites (tertiary alicyclic amines) is 1. The summed E-state index contributed by atoms with van der Waals surface area (Å²) in [6, 6.07) is 12.3. The van der Waals surface area contributed by atoms with Gasteiger partial charge in [-0.25, -0.2) is 14.3 Å². The van der Waals surface area contributed by atoms with Gasteiger partial charge in [-0.3, -0.25) is 0 Å². The molecule has 1 aromatic carbocycles. The van der Waals surface area contributed by atoms with Crippen LogP contribution >= 0.6 is 0 Å². The number of methoxy groups -OCH3 is 1. The van der Waals surface area contributed by atoms with Gasteiger partial charge in [0.05, 0.1) is 37.2 Å². The van der Waals surface area contributed by atoms with E-state index in [4.69, 9.17) is 14.6 Å². The lowest BCUT2D eigenvalue weighted by Gasteiger charge is -2.34.